The predicted octanol–water partition coefficient (Wildman–Crippen LogP) is 8.54. The van der Waals surface area contributed by atoms with E-state index in [4.69, 9.17) is 0 Å². The maximum atomic E-state index is 9.99. The molecule has 0 N–H and O–H groups in total. The molecule has 0 atom stereocenters. The zero-order chi connectivity index (χ0) is 32.5. The van der Waals surface area contributed by atoms with E-state index in [1.54, 1.807) is 48.8 Å². The largest absolute Gasteiger partial charge is 0.309 e. The van der Waals surface area contributed by atoms with Gasteiger partial charge in [0, 0.05) is 28.9 Å². The van der Waals surface area contributed by atoms with Gasteiger partial charge in [0.2, 0.25) is 0 Å². The van der Waals surface area contributed by atoms with Crippen molar-refractivity contribution in [3.8, 4) is 69.4 Å². The molecule has 0 aliphatic heterocycles. The van der Waals surface area contributed by atoms with Crippen molar-refractivity contribution in [2.24, 2.45) is 0 Å². The second-order valence-electron chi connectivity index (χ2n) is 10.9. The molecule has 2 heterocycles. The number of hydrogen-bond acceptors (Lipinski definition) is 6. The number of benzene rings is 5. The number of nitrogens with zero attached hydrogens (tertiary/aromatic N) is 7. The van der Waals surface area contributed by atoms with Crippen LogP contribution in [0.2, 0.25) is 0 Å². The number of hydrogen-bond donors (Lipinski definition) is 0. The molecule has 2 aromatic heterocycles. The topological polar surface area (TPSA) is 137 Å². The maximum absolute atomic E-state index is 9.99. The third kappa shape index (κ3) is 4.88. The average Bonchev–Trinajstić information content (AvgIpc) is 3.47. The molecule has 7 rings (SSSR count). The van der Waals surface area contributed by atoms with Gasteiger partial charge in [0.1, 0.15) is 0 Å². The van der Waals surface area contributed by atoms with Crippen LogP contribution in [0, 0.1) is 56.7 Å². The summed E-state index contributed by atoms with van der Waals surface area (Å²) < 4.78 is 2.11. The van der Waals surface area contributed by atoms with Gasteiger partial charge in [-0.05, 0) is 112 Å². The maximum Gasteiger partial charge on any atom is 0.0998 e. The minimum absolute atomic E-state index is 0.396. The van der Waals surface area contributed by atoms with Crippen LogP contribution in [0.25, 0.3) is 60.9 Å². The van der Waals surface area contributed by atoms with Crippen LogP contribution in [0.4, 0.5) is 0 Å². The van der Waals surface area contributed by atoms with Gasteiger partial charge in [0.15, 0.2) is 0 Å². The highest BCUT2D eigenvalue weighted by atomic mass is 15.0. The lowest BCUT2D eigenvalue weighted by atomic mass is 9.95. The second-order valence-corrected chi connectivity index (χ2v) is 10.9. The van der Waals surface area contributed by atoms with Crippen molar-refractivity contribution >= 4 is 21.8 Å². The Labute approximate surface area is 269 Å². The summed E-state index contributed by atoms with van der Waals surface area (Å²) in [4.78, 5) is 4.14. The zero-order valence-electron chi connectivity index (χ0n) is 24.6. The quantitative estimate of drug-likeness (QED) is 0.199. The van der Waals surface area contributed by atoms with E-state index in [2.05, 4.69) is 39.9 Å². The summed E-state index contributed by atoms with van der Waals surface area (Å²) in [6.45, 7) is 0. The van der Waals surface area contributed by atoms with Crippen LogP contribution in [-0.4, -0.2) is 9.55 Å². The molecule has 7 heteroatoms. The van der Waals surface area contributed by atoms with E-state index in [-0.39, 0.29) is 0 Å². The highest BCUT2D eigenvalue weighted by Gasteiger charge is 2.18. The van der Waals surface area contributed by atoms with Crippen molar-refractivity contribution in [3.63, 3.8) is 0 Å². The van der Waals surface area contributed by atoms with E-state index in [9.17, 15) is 26.3 Å². The molecule has 0 amide bonds. The third-order valence-electron chi connectivity index (χ3n) is 8.24. The van der Waals surface area contributed by atoms with E-state index < -0.39 is 0 Å². The van der Waals surface area contributed by atoms with Crippen molar-refractivity contribution in [1.82, 2.24) is 9.55 Å². The van der Waals surface area contributed by atoms with Gasteiger partial charge in [-0.2, -0.15) is 26.3 Å². The van der Waals surface area contributed by atoms with Gasteiger partial charge in [-0.15, -0.1) is 0 Å². The van der Waals surface area contributed by atoms with Gasteiger partial charge in [-0.3, -0.25) is 4.98 Å². The van der Waals surface area contributed by atoms with Crippen molar-refractivity contribution in [2.75, 3.05) is 0 Å². The van der Waals surface area contributed by atoms with Crippen molar-refractivity contribution in [2.45, 2.75) is 0 Å². The monoisotopic (exact) mass is 597 g/mol. The average molecular weight is 598 g/mol. The Morgan fingerprint density at radius 1 is 0.426 bits per heavy atom. The van der Waals surface area contributed by atoms with Crippen molar-refractivity contribution in [3.05, 3.63) is 143 Å². The highest BCUT2D eigenvalue weighted by Crippen LogP contribution is 2.39. The summed E-state index contributed by atoms with van der Waals surface area (Å²) in [7, 11) is 0. The molecule has 0 saturated heterocycles. The summed E-state index contributed by atoms with van der Waals surface area (Å²) >= 11 is 0. The van der Waals surface area contributed by atoms with Crippen LogP contribution in [0.3, 0.4) is 0 Å². The molecule has 0 radical (unpaired) electrons. The van der Waals surface area contributed by atoms with Crippen LogP contribution in [0.15, 0.2) is 116 Å². The fraction of sp³-hybridized carbons (Fsp3) is 0. The van der Waals surface area contributed by atoms with Crippen LogP contribution in [-0.2, 0) is 0 Å². The molecule has 0 unspecified atom stereocenters. The minimum atomic E-state index is 0.396. The number of pyridine rings is 1. The van der Waals surface area contributed by atoms with Gasteiger partial charge in [-0.25, -0.2) is 0 Å². The van der Waals surface area contributed by atoms with E-state index >= 15 is 0 Å². The van der Waals surface area contributed by atoms with Gasteiger partial charge < -0.3 is 4.57 Å². The summed E-state index contributed by atoms with van der Waals surface area (Å²) in [5, 5.41) is 50.4. The molecule has 0 aliphatic rings. The smallest absolute Gasteiger partial charge is 0.0998 e. The Morgan fingerprint density at radius 3 is 1.45 bits per heavy atom. The number of rotatable bonds is 4. The number of aromatic nitrogens is 2. The SMILES string of the molecule is N#Cc1cc(-c2ccncc2)cc(-n2c3ccc(-c4ccc(C#N)cc4C#N)cc3c3cc(-c4ccc(C#N)cc4C#N)ccc32)c1. The molecule has 47 heavy (non-hydrogen) atoms. The Kier molecular flexibility index (Phi) is 6.94. The molecule has 0 fully saturated rings. The van der Waals surface area contributed by atoms with Crippen LogP contribution >= 0.6 is 0 Å². The first-order valence-corrected chi connectivity index (χ1v) is 14.5. The van der Waals surface area contributed by atoms with Crippen molar-refractivity contribution in [1.29, 1.82) is 26.3 Å². The Morgan fingerprint density at radius 2 is 0.957 bits per heavy atom. The highest BCUT2D eigenvalue weighted by molar-refractivity contribution is 6.12. The molecular formula is C40H19N7. The fourth-order valence-corrected chi connectivity index (χ4v) is 6.07. The minimum Gasteiger partial charge on any atom is -0.309 e. The normalized spacial score (nSPS) is 10.4. The molecule has 0 saturated carbocycles. The molecule has 214 valence electrons. The lowest BCUT2D eigenvalue weighted by Crippen LogP contribution is -1.96. The number of fused-ring (bicyclic) bond motifs is 3. The van der Waals surface area contributed by atoms with E-state index in [1.807, 2.05) is 66.7 Å². The van der Waals surface area contributed by atoms with E-state index in [0.29, 0.717) is 38.9 Å². The summed E-state index contributed by atoms with van der Waals surface area (Å²) in [5.74, 6) is 0. The molecule has 0 spiro atoms. The number of nitriles is 5. The summed E-state index contributed by atoms with van der Waals surface area (Å²) in [5.41, 5.74) is 9.49. The molecule has 0 bridgehead atoms. The van der Waals surface area contributed by atoms with Gasteiger partial charge in [0.05, 0.1) is 69.2 Å². The lowest BCUT2D eigenvalue weighted by molar-refractivity contribution is 1.18. The Bertz CT molecular complexity index is 2500. The second kappa shape index (κ2) is 11.5. The summed E-state index contributed by atoms with van der Waals surface area (Å²) in [6, 6.07) is 42.6. The van der Waals surface area contributed by atoms with Gasteiger partial charge in [-0.1, -0.05) is 24.3 Å². The Hall–Kier alpha value is -7.50. The summed E-state index contributed by atoms with van der Waals surface area (Å²) in [6.07, 6.45) is 3.43. The van der Waals surface area contributed by atoms with Gasteiger partial charge in [0.25, 0.3) is 0 Å². The van der Waals surface area contributed by atoms with Crippen LogP contribution in [0.1, 0.15) is 27.8 Å². The lowest BCUT2D eigenvalue weighted by Gasteiger charge is -2.12. The predicted molar refractivity (Wildman–Crippen MR) is 178 cm³/mol. The Balaban J connectivity index is 1.53. The van der Waals surface area contributed by atoms with Gasteiger partial charge >= 0.3 is 0 Å². The van der Waals surface area contributed by atoms with E-state index in [1.165, 1.54) is 0 Å². The standard InChI is InChI=1S/C40H19N7/c41-20-25-1-5-35(32(13-25)23-44)29-3-7-39-37(18-29)38-19-30(36-6-2-26(21-42)14-33(36)24-45)4-8-40(38)47(39)34-16-27(22-43)15-31(17-34)28-9-11-46-12-10-28/h1-19H. The van der Waals surface area contributed by atoms with Crippen molar-refractivity contribution < 1.29 is 0 Å². The third-order valence-corrected chi connectivity index (χ3v) is 8.24. The first-order valence-electron chi connectivity index (χ1n) is 14.5. The van der Waals surface area contributed by atoms with Crippen LogP contribution in [0.5, 0.6) is 0 Å². The molecular weight excluding hydrogens is 578 g/mol. The first kappa shape index (κ1) is 28.3. The first-order chi connectivity index (χ1) is 23.0. The molecule has 7 nitrogen and oxygen atoms in total. The molecule has 0 aliphatic carbocycles. The van der Waals surface area contributed by atoms with E-state index in [0.717, 1.165) is 49.7 Å². The molecule has 5 aromatic carbocycles. The zero-order valence-corrected chi connectivity index (χ0v) is 24.6. The van der Waals surface area contributed by atoms with Crippen LogP contribution < -0.4 is 0 Å². The fourth-order valence-electron chi connectivity index (χ4n) is 6.07. The molecule has 7 aromatic rings.